The molecule has 0 bridgehead atoms. The standard InChI is InChI=1S/C14H14FN3O2/c1-9-16-13(20-17-9)12-3-2-8-18(12)14(19)10-4-6-11(15)7-5-10/h4-7,12H,2-3,8H2,1H3. The highest BCUT2D eigenvalue weighted by molar-refractivity contribution is 5.94. The van der Waals surface area contributed by atoms with Crippen LogP contribution in [0.1, 0.15) is 41.0 Å². The molecule has 104 valence electrons. The van der Waals surface area contributed by atoms with Crippen molar-refractivity contribution in [2.24, 2.45) is 0 Å². The monoisotopic (exact) mass is 275 g/mol. The Morgan fingerprint density at radius 2 is 2.15 bits per heavy atom. The number of rotatable bonds is 2. The van der Waals surface area contributed by atoms with E-state index in [-0.39, 0.29) is 17.8 Å². The molecule has 20 heavy (non-hydrogen) atoms. The molecular weight excluding hydrogens is 261 g/mol. The van der Waals surface area contributed by atoms with Crippen molar-refractivity contribution in [2.45, 2.75) is 25.8 Å². The summed E-state index contributed by atoms with van der Waals surface area (Å²) in [6.07, 6.45) is 1.69. The predicted molar refractivity (Wildman–Crippen MR) is 68.4 cm³/mol. The highest BCUT2D eigenvalue weighted by Crippen LogP contribution is 2.32. The van der Waals surface area contributed by atoms with Crippen LogP contribution >= 0.6 is 0 Å². The molecule has 3 rings (SSSR count). The Labute approximate surface area is 115 Å². The number of carbonyl (C=O) groups excluding carboxylic acids is 1. The topological polar surface area (TPSA) is 59.2 Å². The molecule has 1 saturated heterocycles. The van der Waals surface area contributed by atoms with E-state index in [1.165, 1.54) is 24.3 Å². The molecule has 0 N–H and O–H groups in total. The van der Waals surface area contributed by atoms with Crippen molar-refractivity contribution in [2.75, 3.05) is 6.54 Å². The lowest BCUT2D eigenvalue weighted by atomic mass is 10.1. The molecule has 1 amide bonds. The van der Waals surface area contributed by atoms with Crippen LogP contribution in [0, 0.1) is 12.7 Å². The summed E-state index contributed by atoms with van der Waals surface area (Å²) in [5.74, 6) is 0.534. The summed E-state index contributed by atoms with van der Waals surface area (Å²) >= 11 is 0. The Bertz CT molecular complexity index is 624. The van der Waals surface area contributed by atoms with Gasteiger partial charge in [-0.25, -0.2) is 4.39 Å². The van der Waals surface area contributed by atoms with Gasteiger partial charge in [0.1, 0.15) is 11.9 Å². The zero-order chi connectivity index (χ0) is 14.1. The lowest BCUT2D eigenvalue weighted by Crippen LogP contribution is -2.30. The second-order valence-corrected chi connectivity index (χ2v) is 4.84. The first-order valence-electron chi connectivity index (χ1n) is 6.52. The molecule has 1 fully saturated rings. The highest BCUT2D eigenvalue weighted by Gasteiger charge is 2.34. The maximum absolute atomic E-state index is 12.9. The maximum atomic E-state index is 12.9. The third-order valence-corrected chi connectivity index (χ3v) is 3.43. The van der Waals surface area contributed by atoms with E-state index in [1.807, 2.05) is 0 Å². The van der Waals surface area contributed by atoms with Gasteiger partial charge in [-0.2, -0.15) is 4.98 Å². The average molecular weight is 275 g/mol. The van der Waals surface area contributed by atoms with Crippen LogP contribution in [0.3, 0.4) is 0 Å². The van der Waals surface area contributed by atoms with E-state index in [1.54, 1.807) is 11.8 Å². The molecule has 6 heteroatoms. The summed E-state index contributed by atoms with van der Waals surface area (Å²) < 4.78 is 18.1. The first-order valence-corrected chi connectivity index (χ1v) is 6.52. The largest absolute Gasteiger partial charge is 0.337 e. The van der Waals surface area contributed by atoms with Crippen LogP contribution in [0.25, 0.3) is 0 Å². The zero-order valence-corrected chi connectivity index (χ0v) is 11.0. The van der Waals surface area contributed by atoms with Crippen LogP contribution in [-0.4, -0.2) is 27.5 Å². The summed E-state index contributed by atoms with van der Waals surface area (Å²) in [5, 5.41) is 3.77. The van der Waals surface area contributed by atoms with Gasteiger partial charge in [-0.3, -0.25) is 4.79 Å². The van der Waals surface area contributed by atoms with Crippen LogP contribution in [0.4, 0.5) is 4.39 Å². The van der Waals surface area contributed by atoms with E-state index in [0.29, 0.717) is 23.8 Å². The van der Waals surface area contributed by atoms with Gasteiger partial charge in [0.2, 0.25) is 5.89 Å². The summed E-state index contributed by atoms with van der Waals surface area (Å²) in [4.78, 5) is 18.4. The molecule has 1 aliphatic heterocycles. The molecule has 2 heterocycles. The minimum Gasteiger partial charge on any atom is -0.337 e. The van der Waals surface area contributed by atoms with Gasteiger partial charge < -0.3 is 9.42 Å². The fourth-order valence-corrected chi connectivity index (χ4v) is 2.47. The molecule has 5 nitrogen and oxygen atoms in total. The number of amides is 1. The van der Waals surface area contributed by atoms with Crippen molar-refractivity contribution >= 4 is 5.91 Å². The normalized spacial score (nSPS) is 18.5. The first-order chi connectivity index (χ1) is 9.65. The number of hydrogen-bond donors (Lipinski definition) is 0. The minimum absolute atomic E-state index is 0.136. The number of aromatic nitrogens is 2. The van der Waals surface area contributed by atoms with E-state index in [9.17, 15) is 9.18 Å². The van der Waals surface area contributed by atoms with Crippen molar-refractivity contribution in [3.63, 3.8) is 0 Å². The van der Waals surface area contributed by atoms with Gasteiger partial charge in [-0.05, 0) is 44.0 Å². The van der Waals surface area contributed by atoms with Gasteiger partial charge in [0.05, 0.1) is 0 Å². The summed E-state index contributed by atoms with van der Waals surface area (Å²) in [7, 11) is 0. The van der Waals surface area contributed by atoms with Crippen molar-refractivity contribution in [3.8, 4) is 0 Å². The third-order valence-electron chi connectivity index (χ3n) is 3.43. The van der Waals surface area contributed by atoms with E-state index >= 15 is 0 Å². The second-order valence-electron chi connectivity index (χ2n) is 4.84. The van der Waals surface area contributed by atoms with Crippen LogP contribution < -0.4 is 0 Å². The molecule has 1 aromatic carbocycles. The number of hydrogen-bond acceptors (Lipinski definition) is 4. The number of nitrogens with zero attached hydrogens (tertiary/aromatic N) is 3. The summed E-state index contributed by atoms with van der Waals surface area (Å²) in [6, 6.07) is 5.37. The van der Waals surface area contributed by atoms with E-state index in [0.717, 1.165) is 12.8 Å². The van der Waals surface area contributed by atoms with Crippen LogP contribution in [0.15, 0.2) is 28.8 Å². The van der Waals surface area contributed by atoms with Gasteiger partial charge in [0.25, 0.3) is 5.91 Å². The highest BCUT2D eigenvalue weighted by atomic mass is 19.1. The molecule has 0 aliphatic carbocycles. The molecule has 1 aromatic heterocycles. The Hall–Kier alpha value is -2.24. The van der Waals surface area contributed by atoms with E-state index in [2.05, 4.69) is 10.1 Å². The fraction of sp³-hybridized carbons (Fsp3) is 0.357. The summed E-state index contributed by atoms with van der Waals surface area (Å²) in [5.41, 5.74) is 0.467. The molecule has 0 saturated carbocycles. The smallest absolute Gasteiger partial charge is 0.254 e. The van der Waals surface area contributed by atoms with Crippen molar-refractivity contribution in [1.82, 2.24) is 15.0 Å². The van der Waals surface area contributed by atoms with Crippen molar-refractivity contribution < 1.29 is 13.7 Å². The van der Waals surface area contributed by atoms with Gasteiger partial charge in [0.15, 0.2) is 5.82 Å². The molecule has 1 unspecified atom stereocenters. The maximum Gasteiger partial charge on any atom is 0.254 e. The lowest BCUT2D eigenvalue weighted by molar-refractivity contribution is 0.0710. The van der Waals surface area contributed by atoms with Crippen LogP contribution in [-0.2, 0) is 0 Å². The van der Waals surface area contributed by atoms with E-state index in [4.69, 9.17) is 4.52 Å². The minimum atomic E-state index is -0.355. The average Bonchev–Trinajstić information content (AvgIpc) is 3.07. The van der Waals surface area contributed by atoms with Crippen molar-refractivity contribution in [1.29, 1.82) is 0 Å². The molecule has 0 spiro atoms. The number of carbonyl (C=O) groups is 1. The first kappa shape index (κ1) is 12.8. The Morgan fingerprint density at radius 1 is 1.40 bits per heavy atom. The Kier molecular flexibility index (Phi) is 3.22. The Morgan fingerprint density at radius 3 is 2.80 bits per heavy atom. The zero-order valence-electron chi connectivity index (χ0n) is 11.0. The molecular formula is C14H14FN3O2. The molecule has 2 aromatic rings. The molecule has 1 aliphatic rings. The van der Waals surface area contributed by atoms with Gasteiger partial charge in [-0.15, -0.1) is 0 Å². The van der Waals surface area contributed by atoms with Gasteiger partial charge in [0, 0.05) is 12.1 Å². The van der Waals surface area contributed by atoms with Crippen molar-refractivity contribution in [3.05, 3.63) is 47.4 Å². The number of aryl methyl sites for hydroxylation is 1. The van der Waals surface area contributed by atoms with Gasteiger partial charge in [-0.1, -0.05) is 5.16 Å². The quantitative estimate of drug-likeness (QED) is 0.845. The van der Waals surface area contributed by atoms with E-state index < -0.39 is 0 Å². The summed E-state index contributed by atoms with van der Waals surface area (Å²) in [6.45, 7) is 2.39. The number of benzene rings is 1. The molecule has 0 radical (unpaired) electrons. The fourth-order valence-electron chi connectivity index (χ4n) is 2.47. The predicted octanol–water partition coefficient (Wildman–Crippen LogP) is 2.49. The van der Waals surface area contributed by atoms with Crippen LogP contribution in [0.5, 0.6) is 0 Å². The van der Waals surface area contributed by atoms with Crippen LogP contribution in [0.2, 0.25) is 0 Å². The SMILES string of the molecule is Cc1noc(C2CCCN2C(=O)c2ccc(F)cc2)n1. The number of likely N-dealkylation sites (tertiary alicyclic amines) is 1. The second kappa shape index (κ2) is 5.03. The molecule has 1 atom stereocenters. The lowest BCUT2D eigenvalue weighted by Gasteiger charge is -2.21. The third kappa shape index (κ3) is 2.29. The van der Waals surface area contributed by atoms with Gasteiger partial charge >= 0.3 is 0 Å². The number of halogens is 1. The Balaban J connectivity index is 1.85.